The number of fused-ring (bicyclic) bond motifs is 1. The van der Waals surface area contributed by atoms with Crippen LogP contribution in [0.25, 0.3) is 10.9 Å². The van der Waals surface area contributed by atoms with Crippen LogP contribution in [-0.2, 0) is 37.0 Å². The second kappa shape index (κ2) is 11.0. The molecule has 1 aliphatic rings. The lowest BCUT2D eigenvalue weighted by Gasteiger charge is -2.31. The summed E-state index contributed by atoms with van der Waals surface area (Å²) in [5, 5.41) is 13.1. The van der Waals surface area contributed by atoms with Crippen molar-refractivity contribution in [2.75, 3.05) is 13.7 Å². The van der Waals surface area contributed by atoms with Gasteiger partial charge >= 0.3 is 5.97 Å². The topological polar surface area (TPSA) is 90.0 Å². The highest BCUT2D eigenvalue weighted by Crippen LogP contribution is 2.47. The molecule has 1 aliphatic heterocycles. The summed E-state index contributed by atoms with van der Waals surface area (Å²) < 4.78 is 23.5. The van der Waals surface area contributed by atoms with E-state index in [-0.39, 0.29) is 13.2 Å². The maximum absolute atomic E-state index is 13.2. The largest absolute Gasteiger partial charge is 0.467 e. The van der Waals surface area contributed by atoms with Crippen LogP contribution < -0.4 is 0 Å². The van der Waals surface area contributed by atoms with Gasteiger partial charge in [0.25, 0.3) is 0 Å². The van der Waals surface area contributed by atoms with Gasteiger partial charge < -0.3 is 29.0 Å². The van der Waals surface area contributed by atoms with Gasteiger partial charge in [0.15, 0.2) is 0 Å². The zero-order valence-electron chi connectivity index (χ0n) is 20.3. The molecule has 1 aromatic heterocycles. The molecule has 2 N–H and O–H groups in total. The molecular formula is C29H28ClNO6. The van der Waals surface area contributed by atoms with Crippen molar-refractivity contribution < 1.29 is 28.8 Å². The van der Waals surface area contributed by atoms with Gasteiger partial charge in [-0.1, -0.05) is 90.5 Å². The van der Waals surface area contributed by atoms with E-state index in [4.69, 9.17) is 30.5 Å². The van der Waals surface area contributed by atoms with Crippen molar-refractivity contribution in [1.82, 2.24) is 4.98 Å². The van der Waals surface area contributed by atoms with Gasteiger partial charge in [-0.05, 0) is 17.2 Å². The summed E-state index contributed by atoms with van der Waals surface area (Å²) in [5.41, 5.74) is 0.805. The first kappa shape index (κ1) is 25.4. The lowest BCUT2D eigenvalue weighted by molar-refractivity contribution is -0.182. The third kappa shape index (κ3) is 5.01. The Morgan fingerprint density at radius 3 is 2.24 bits per heavy atom. The van der Waals surface area contributed by atoms with Gasteiger partial charge in [-0.3, -0.25) is 0 Å². The molecule has 5 rings (SSSR count). The van der Waals surface area contributed by atoms with E-state index in [0.717, 1.165) is 22.0 Å². The number of aromatic nitrogens is 1. The number of rotatable bonds is 9. The van der Waals surface area contributed by atoms with E-state index in [9.17, 15) is 9.90 Å². The molecule has 7 nitrogen and oxygen atoms in total. The fraction of sp³-hybridized carbons (Fsp3) is 0.276. The summed E-state index contributed by atoms with van der Waals surface area (Å²) in [4.78, 5) is 16.4. The van der Waals surface area contributed by atoms with Crippen LogP contribution in [0.4, 0.5) is 0 Å². The highest BCUT2D eigenvalue weighted by Gasteiger charge is 2.63. The summed E-state index contributed by atoms with van der Waals surface area (Å²) in [5.74, 6) is -0.879. The Balaban J connectivity index is 1.48. The number of carbonyl (C=O) groups is 1. The van der Waals surface area contributed by atoms with Crippen LogP contribution in [0.3, 0.4) is 0 Å². The third-order valence-corrected chi connectivity index (χ3v) is 7.00. The van der Waals surface area contributed by atoms with E-state index in [0.29, 0.717) is 17.3 Å². The molecule has 8 heteroatoms. The number of ether oxygens (including phenoxy) is 4. The molecule has 4 aromatic rings. The van der Waals surface area contributed by atoms with Crippen molar-refractivity contribution in [3.8, 4) is 0 Å². The first-order valence-electron chi connectivity index (χ1n) is 12.0. The van der Waals surface area contributed by atoms with E-state index in [1.165, 1.54) is 7.11 Å². The second-order valence-corrected chi connectivity index (χ2v) is 9.37. The number of benzene rings is 3. The fourth-order valence-corrected chi connectivity index (χ4v) is 5.07. The van der Waals surface area contributed by atoms with E-state index in [2.05, 4.69) is 4.98 Å². The zero-order chi connectivity index (χ0) is 25.8. The molecule has 4 atom stereocenters. The van der Waals surface area contributed by atoms with Crippen LogP contribution in [0.2, 0.25) is 5.02 Å². The van der Waals surface area contributed by atoms with Gasteiger partial charge in [-0.15, -0.1) is 0 Å². The van der Waals surface area contributed by atoms with Crippen molar-refractivity contribution in [1.29, 1.82) is 0 Å². The molecule has 0 radical (unpaired) electrons. The molecule has 192 valence electrons. The van der Waals surface area contributed by atoms with E-state index in [1.54, 1.807) is 0 Å². The summed E-state index contributed by atoms with van der Waals surface area (Å²) in [6, 6.07) is 26.6. The lowest BCUT2D eigenvalue weighted by atomic mass is 9.88. The average Bonchev–Trinajstić information content (AvgIpc) is 3.42. The highest BCUT2D eigenvalue weighted by atomic mass is 35.5. The summed E-state index contributed by atoms with van der Waals surface area (Å²) in [6.45, 7) is 0.555. The fourth-order valence-electron chi connectivity index (χ4n) is 4.75. The first-order valence-corrected chi connectivity index (χ1v) is 12.4. The Morgan fingerprint density at radius 2 is 1.59 bits per heavy atom. The number of methoxy groups -OCH3 is 1. The van der Waals surface area contributed by atoms with Crippen LogP contribution in [-0.4, -0.2) is 47.6 Å². The van der Waals surface area contributed by atoms with E-state index < -0.39 is 29.9 Å². The Kier molecular flexibility index (Phi) is 7.60. The van der Waals surface area contributed by atoms with Crippen LogP contribution in [0, 0.1) is 0 Å². The van der Waals surface area contributed by atoms with Crippen molar-refractivity contribution in [2.45, 2.75) is 37.1 Å². The smallest absolute Gasteiger partial charge is 0.343 e. The maximum atomic E-state index is 13.2. The van der Waals surface area contributed by atoms with Gasteiger partial charge in [-0.2, -0.15) is 0 Å². The van der Waals surface area contributed by atoms with Crippen LogP contribution >= 0.6 is 11.6 Å². The van der Waals surface area contributed by atoms with Crippen LogP contribution in [0.1, 0.15) is 22.9 Å². The molecule has 0 spiro atoms. The van der Waals surface area contributed by atoms with Gasteiger partial charge in [0.2, 0.25) is 5.60 Å². The lowest BCUT2D eigenvalue weighted by Crippen LogP contribution is -2.54. The minimum Gasteiger partial charge on any atom is -0.467 e. The summed E-state index contributed by atoms with van der Waals surface area (Å²) in [6.07, 6.45) is -3.06. The molecule has 0 bridgehead atoms. The number of hydrogen-bond donors (Lipinski definition) is 2. The van der Waals surface area contributed by atoms with Gasteiger partial charge in [0.05, 0.1) is 37.6 Å². The maximum Gasteiger partial charge on any atom is 0.343 e. The zero-order valence-corrected chi connectivity index (χ0v) is 21.1. The minimum atomic E-state index is -2.19. The highest BCUT2D eigenvalue weighted by molar-refractivity contribution is 6.36. The molecule has 2 heterocycles. The van der Waals surface area contributed by atoms with Crippen molar-refractivity contribution >= 4 is 28.5 Å². The molecular weight excluding hydrogens is 494 g/mol. The Bertz CT molecular complexity index is 1340. The number of para-hydroxylation sites is 1. The number of H-pyrrole nitrogens is 1. The predicted octanol–water partition coefficient (Wildman–Crippen LogP) is 4.97. The molecule has 1 fully saturated rings. The van der Waals surface area contributed by atoms with Crippen LogP contribution in [0.15, 0.2) is 84.9 Å². The van der Waals surface area contributed by atoms with Crippen molar-refractivity contribution in [3.63, 3.8) is 0 Å². The number of esters is 1. The average molecular weight is 522 g/mol. The summed E-state index contributed by atoms with van der Waals surface area (Å²) >= 11 is 6.72. The predicted molar refractivity (Wildman–Crippen MR) is 139 cm³/mol. The minimum absolute atomic E-state index is 0.0714. The number of halogens is 1. The number of hydrogen-bond acceptors (Lipinski definition) is 6. The summed E-state index contributed by atoms with van der Waals surface area (Å²) in [7, 11) is 1.22. The van der Waals surface area contributed by atoms with Crippen molar-refractivity contribution in [2.24, 2.45) is 0 Å². The molecule has 0 aliphatic carbocycles. The first-order chi connectivity index (χ1) is 18.0. The molecule has 1 saturated heterocycles. The molecule has 0 saturated carbocycles. The van der Waals surface area contributed by atoms with Crippen LogP contribution in [0.5, 0.6) is 0 Å². The second-order valence-electron chi connectivity index (χ2n) is 8.99. The monoisotopic (exact) mass is 521 g/mol. The van der Waals surface area contributed by atoms with E-state index >= 15 is 0 Å². The SMILES string of the molecule is COC(=O)[C@@]1(O)[C@H](OCc2ccccc2)[C@@H](COCc2ccccc2)O[C@H]1c1[nH]c2ccccc2c1Cl. The number of aromatic amines is 1. The van der Waals surface area contributed by atoms with E-state index in [1.807, 2.05) is 84.9 Å². The standard InChI is InChI=1S/C29H28ClNO6/c1-34-28(32)29(33)26(36-17-20-12-6-3-7-13-20)23(18-35-16-19-10-4-2-5-11-19)37-27(29)25-24(30)21-14-8-9-15-22(21)31-25/h2-15,23,26-27,31,33H,16-18H2,1H3/t23-,26-,27+,29-/m1/s1. The molecule has 0 unspecified atom stereocenters. The third-order valence-electron chi connectivity index (χ3n) is 6.59. The molecule has 0 amide bonds. The number of aliphatic hydroxyl groups is 1. The molecule has 3 aromatic carbocycles. The Labute approximate surface area is 219 Å². The Morgan fingerprint density at radius 1 is 0.973 bits per heavy atom. The molecule has 37 heavy (non-hydrogen) atoms. The quantitative estimate of drug-likeness (QED) is 0.302. The van der Waals surface area contributed by atoms with Gasteiger partial charge in [-0.25, -0.2) is 4.79 Å². The number of nitrogens with one attached hydrogen (secondary N) is 1. The van der Waals surface area contributed by atoms with Gasteiger partial charge in [0, 0.05) is 10.9 Å². The number of carbonyl (C=O) groups excluding carboxylic acids is 1. The Hall–Kier alpha value is -3.20. The normalized spacial score (nSPS) is 23.4. The van der Waals surface area contributed by atoms with Crippen molar-refractivity contribution in [3.05, 3.63) is 107 Å². The van der Waals surface area contributed by atoms with Gasteiger partial charge in [0.1, 0.15) is 18.3 Å².